The van der Waals surface area contributed by atoms with Gasteiger partial charge in [-0.3, -0.25) is 4.98 Å². The minimum Gasteiger partial charge on any atom is -0.480 e. The van der Waals surface area contributed by atoms with E-state index in [-0.39, 0.29) is 0 Å². The summed E-state index contributed by atoms with van der Waals surface area (Å²) in [6, 6.07) is 0.344. The Morgan fingerprint density at radius 2 is 2.27 bits per heavy atom. The van der Waals surface area contributed by atoms with Crippen molar-refractivity contribution in [3.63, 3.8) is 0 Å². The van der Waals surface area contributed by atoms with Crippen LogP contribution in [0.1, 0.15) is 13.3 Å². The van der Waals surface area contributed by atoms with E-state index >= 15 is 0 Å². The van der Waals surface area contributed by atoms with Crippen molar-refractivity contribution in [2.75, 3.05) is 25.6 Å². The number of hydrogen-bond acceptors (Lipinski definition) is 5. The Labute approximate surface area is 90.3 Å². The summed E-state index contributed by atoms with van der Waals surface area (Å²) in [7, 11) is 3.56. The molecule has 1 unspecified atom stereocenters. The maximum Gasteiger partial charge on any atom is 0.233 e. The first-order valence-electron chi connectivity index (χ1n) is 4.98. The lowest BCUT2D eigenvalue weighted by molar-refractivity contribution is 0.395. The SMILES string of the molecule is COc1cncc(N(C)C(C)CCN)n1. The van der Waals surface area contributed by atoms with E-state index in [0.29, 0.717) is 18.5 Å². The van der Waals surface area contributed by atoms with Gasteiger partial charge in [-0.15, -0.1) is 0 Å². The molecule has 1 rings (SSSR count). The molecule has 2 N–H and O–H groups in total. The minimum absolute atomic E-state index is 0.344. The molecular weight excluding hydrogens is 192 g/mol. The van der Waals surface area contributed by atoms with Crippen molar-refractivity contribution < 1.29 is 4.74 Å². The number of nitrogens with two attached hydrogens (primary N) is 1. The van der Waals surface area contributed by atoms with E-state index in [9.17, 15) is 0 Å². The number of rotatable bonds is 5. The van der Waals surface area contributed by atoms with Crippen LogP contribution in [-0.2, 0) is 0 Å². The Bertz CT molecular complexity index is 305. The molecule has 0 aliphatic carbocycles. The molecule has 0 saturated carbocycles. The lowest BCUT2D eigenvalue weighted by atomic mass is 10.2. The Kier molecular flexibility index (Phi) is 4.30. The maximum absolute atomic E-state index is 5.51. The molecule has 1 atom stereocenters. The molecule has 0 fully saturated rings. The average Bonchev–Trinajstić information content (AvgIpc) is 2.28. The maximum atomic E-state index is 5.51. The van der Waals surface area contributed by atoms with Gasteiger partial charge in [-0.2, -0.15) is 4.98 Å². The molecule has 1 aromatic rings. The zero-order valence-electron chi connectivity index (χ0n) is 9.47. The average molecular weight is 210 g/mol. The van der Waals surface area contributed by atoms with Crippen LogP contribution in [0.2, 0.25) is 0 Å². The van der Waals surface area contributed by atoms with Crippen molar-refractivity contribution >= 4 is 5.82 Å². The number of hydrogen-bond donors (Lipinski definition) is 1. The van der Waals surface area contributed by atoms with E-state index in [1.807, 2.05) is 11.9 Å². The summed E-state index contributed by atoms with van der Waals surface area (Å²) < 4.78 is 5.02. The van der Waals surface area contributed by atoms with Crippen molar-refractivity contribution in [1.82, 2.24) is 9.97 Å². The molecule has 0 radical (unpaired) electrons. The summed E-state index contributed by atoms with van der Waals surface area (Å²) in [5, 5.41) is 0. The molecule has 15 heavy (non-hydrogen) atoms. The standard InChI is InChI=1S/C10H18N4O/c1-8(4-5-11)14(2)9-6-12-7-10(13-9)15-3/h6-8H,4-5,11H2,1-3H3. The van der Waals surface area contributed by atoms with Gasteiger partial charge in [0, 0.05) is 13.1 Å². The van der Waals surface area contributed by atoms with Crippen molar-refractivity contribution in [3.8, 4) is 5.88 Å². The van der Waals surface area contributed by atoms with E-state index in [0.717, 1.165) is 12.2 Å². The van der Waals surface area contributed by atoms with E-state index < -0.39 is 0 Å². The lowest BCUT2D eigenvalue weighted by Crippen LogP contribution is -2.31. The Morgan fingerprint density at radius 3 is 2.87 bits per heavy atom. The lowest BCUT2D eigenvalue weighted by Gasteiger charge is -2.25. The highest BCUT2D eigenvalue weighted by Gasteiger charge is 2.11. The van der Waals surface area contributed by atoms with Crippen molar-refractivity contribution in [2.45, 2.75) is 19.4 Å². The second-order valence-corrected chi connectivity index (χ2v) is 3.46. The number of ether oxygens (including phenoxy) is 1. The van der Waals surface area contributed by atoms with E-state index in [1.54, 1.807) is 19.5 Å². The highest BCUT2D eigenvalue weighted by atomic mass is 16.5. The van der Waals surface area contributed by atoms with Crippen LogP contribution in [0.5, 0.6) is 5.88 Å². The van der Waals surface area contributed by atoms with Gasteiger partial charge in [-0.25, -0.2) is 0 Å². The molecule has 1 aromatic heterocycles. The molecule has 5 heteroatoms. The van der Waals surface area contributed by atoms with Crippen LogP contribution in [0.3, 0.4) is 0 Å². The fraction of sp³-hybridized carbons (Fsp3) is 0.600. The van der Waals surface area contributed by atoms with Gasteiger partial charge >= 0.3 is 0 Å². The quantitative estimate of drug-likeness (QED) is 0.773. The zero-order valence-corrected chi connectivity index (χ0v) is 9.47. The second-order valence-electron chi connectivity index (χ2n) is 3.46. The monoisotopic (exact) mass is 210 g/mol. The van der Waals surface area contributed by atoms with E-state index in [2.05, 4.69) is 16.9 Å². The number of methoxy groups -OCH3 is 1. The van der Waals surface area contributed by atoms with Crippen molar-refractivity contribution in [2.24, 2.45) is 5.73 Å². The van der Waals surface area contributed by atoms with Gasteiger partial charge < -0.3 is 15.4 Å². The van der Waals surface area contributed by atoms with Crippen molar-refractivity contribution in [3.05, 3.63) is 12.4 Å². The van der Waals surface area contributed by atoms with Gasteiger partial charge in [0.2, 0.25) is 5.88 Å². The Morgan fingerprint density at radius 1 is 1.53 bits per heavy atom. The molecule has 84 valence electrons. The smallest absolute Gasteiger partial charge is 0.233 e. The molecule has 0 aliphatic rings. The van der Waals surface area contributed by atoms with Crippen LogP contribution in [0.4, 0.5) is 5.82 Å². The van der Waals surface area contributed by atoms with Gasteiger partial charge in [0.15, 0.2) is 5.82 Å². The van der Waals surface area contributed by atoms with Crippen LogP contribution in [0.25, 0.3) is 0 Å². The van der Waals surface area contributed by atoms with Gasteiger partial charge in [0.05, 0.1) is 19.5 Å². The van der Waals surface area contributed by atoms with Crippen molar-refractivity contribution in [1.29, 1.82) is 0 Å². The molecule has 0 saturated heterocycles. The molecule has 0 spiro atoms. The summed E-state index contributed by atoms with van der Waals surface area (Å²) in [4.78, 5) is 10.4. The largest absolute Gasteiger partial charge is 0.480 e. The summed E-state index contributed by atoms with van der Waals surface area (Å²) >= 11 is 0. The third kappa shape index (κ3) is 3.06. The van der Waals surface area contributed by atoms with Crippen LogP contribution < -0.4 is 15.4 Å². The second kappa shape index (κ2) is 5.50. The molecular formula is C10H18N4O. The van der Waals surface area contributed by atoms with Gasteiger partial charge in [0.25, 0.3) is 0 Å². The van der Waals surface area contributed by atoms with Crippen LogP contribution in [-0.4, -0.2) is 36.7 Å². The summed E-state index contributed by atoms with van der Waals surface area (Å²) in [6.45, 7) is 2.77. The third-order valence-corrected chi connectivity index (χ3v) is 2.42. The molecule has 0 bridgehead atoms. The fourth-order valence-electron chi connectivity index (χ4n) is 1.27. The molecule has 1 heterocycles. The first kappa shape index (κ1) is 11.7. The first-order chi connectivity index (χ1) is 7.19. The van der Waals surface area contributed by atoms with E-state index in [4.69, 9.17) is 10.5 Å². The highest BCUT2D eigenvalue weighted by Crippen LogP contribution is 2.15. The molecule has 0 aliphatic heterocycles. The third-order valence-electron chi connectivity index (χ3n) is 2.42. The van der Waals surface area contributed by atoms with Crippen LogP contribution >= 0.6 is 0 Å². The Balaban J connectivity index is 2.76. The normalized spacial score (nSPS) is 12.3. The first-order valence-corrected chi connectivity index (χ1v) is 4.98. The Hall–Kier alpha value is -1.36. The van der Waals surface area contributed by atoms with Crippen LogP contribution in [0.15, 0.2) is 12.4 Å². The summed E-state index contributed by atoms with van der Waals surface area (Å²) in [5.41, 5.74) is 5.51. The van der Waals surface area contributed by atoms with Gasteiger partial charge in [-0.1, -0.05) is 0 Å². The fourth-order valence-corrected chi connectivity index (χ4v) is 1.27. The zero-order chi connectivity index (χ0) is 11.3. The van der Waals surface area contributed by atoms with Gasteiger partial charge in [0.1, 0.15) is 0 Å². The predicted molar refractivity (Wildman–Crippen MR) is 60.1 cm³/mol. The number of aromatic nitrogens is 2. The highest BCUT2D eigenvalue weighted by molar-refractivity contribution is 5.37. The minimum atomic E-state index is 0.344. The topological polar surface area (TPSA) is 64.3 Å². The summed E-state index contributed by atoms with van der Waals surface area (Å²) in [6.07, 6.45) is 4.23. The number of nitrogens with zero attached hydrogens (tertiary/aromatic N) is 3. The predicted octanol–water partition coefficient (Wildman–Crippen LogP) is 0.659. The van der Waals surface area contributed by atoms with E-state index in [1.165, 1.54) is 0 Å². The molecule has 5 nitrogen and oxygen atoms in total. The van der Waals surface area contributed by atoms with Crippen LogP contribution in [0, 0.1) is 0 Å². The molecule has 0 amide bonds. The number of anilines is 1. The summed E-state index contributed by atoms with van der Waals surface area (Å²) in [5.74, 6) is 1.33. The molecule has 0 aromatic carbocycles. The van der Waals surface area contributed by atoms with Gasteiger partial charge in [-0.05, 0) is 19.9 Å².